The molecule has 0 spiro atoms. The fourth-order valence-electron chi connectivity index (χ4n) is 1.88. The molecule has 0 radical (unpaired) electrons. The van der Waals surface area contributed by atoms with Crippen LogP contribution in [0.4, 0.5) is 13.2 Å². The van der Waals surface area contributed by atoms with Crippen LogP contribution >= 0.6 is 0 Å². The molecule has 1 N–H and O–H groups in total. The zero-order valence-electron chi connectivity index (χ0n) is 10.6. The molecule has 0 saturated heterocycles. The third-order valence-electron chi connectivity index (χ3n) is 2.90. The molecule has 0 bridgehead atoms. The van der Waals surface area contributed by atoms with Gasteiger partial charge in [0, 0.05) is 17.8 Å². The third kappa shape index (κ3) is 2.78. The van der Waals surface area contributed by atoms with Crippen molar-refractivity contribution >= 4 is 0 Å². The van der Waals surface area contributed by atoms with E-state index in [1.807, 2.05) is 6.92 Å². The lowest BCUT2D eigenvalue weighted by atomic mass is 10.2. The predicted octanol–water partition coefficient (Wildman–Crippen LogP) is 2.92. The molecule has 0 aliphatic rings. The summed E-state index contributed by atoms with van der Waals surface area (Å²) in [4.78, 5) is 0. The highest BCUT2D eigenvalue weighted by Gasteiger charge is 2.30. The standard InChI is InChI=1S/C13H14F3N3/c1-9-10(7-17-2)8-18-19(9)12-5-3-4-11(6-12)13(14,15)16/h3-6,8,17H,7H2,1-2H3. The van der Waals surface area contributed by atoms with Crippen LogP contribution in [0.3, 0.4) is 0 Å². The van der Waals surface area contributed by atoms with Gasteiger partial charge < -0.3 is 5.32 Å². The van der Waals surface area contributed by atoms with E-state index in [9.17, 15) is 13.2 Å². The molecule has 1 aromatic carbocycles. The fourth-order valence-corrected chi connectivity index (χ4v) is 1.88. The van der Waals surface area contributed by atoms with Crippen LogP contribution in [0.25, 0.3) is 5.69 Å². The van der Waals surface area contributed by atoms with Crippen LogP contribution < -0.4 is 5.32 Å². The second kappa shape index (κ2) is 5.05. The van der Waals surface area contributed by atoms with Crippen molar-refractivity contribution in [3.05, 3.63) is 47.3 Å². The summed E-state index contributed by atoms with van der Waals surface area (Å²) in [5, 5.41) is 7.13. The molecule has 0 saturated carbocycles. The zero-order chi connectivity index (χ0) is 14.0. The van der Waals surface area contributed by atoms with Gasteiger partial charge in [0.05, 0.1) is 17.4 Å². The molecule has 2 rings (SSSR count). The Morgan fingerprint density at radius 3 is 2.68 bits per heavy atom. The van der Waals surface area contributed by atoms with Crippen LogP contribution in [0.15, 0.2) is 30.5 Å². The van der Waals surface area contributed by atoms with E-state index in [0.29, 0.717) is 12.2 Å². The minimum absolute atomic E-state index is 0.412. The van der Waals surface area contributed by atoms with Gasteiger partial charge in [0.25, 0.3) is 0 Å². The van der Waals surface area contributed by atoms with Gasteiger partial charge in [-0.3, -0.25) is 0 Å². The van der Waals surface area contributed by atoms with Crippen LogP contribution in [-0.2, 0) is 12.7 Å². The smallest absolute Gasteiger partial charge is 0.316 e. The molecule has 1 aromatic heterocycles. The molecular weight excluding hydrogens is 255 g/mol. The Morgan fingerprint density at radius 1 is 1.32 bits per heavy atom. The molecule has 2 aromatic rings. The first-order chi connectivity index (χ1) is 8.93. The molecule has 3 nitrogen and oxygen atoms in total. The highest BCUT2D eigenvalue weighted by atomic mass is 19.4. The fraction of sp³-hybridized carbons (Fsp3) is 0.308. The first-order valence-electron chi connectivity index (χ1n) is 5.79. The molecule has 0 aliphatic heterocycles. The number of hydrogen-bond acceptors (Lipinski definition) is 2. The molecule has 0 unspecified atom stereocenters. The van der Waals surface area contributed by atoms with Crippen molar-refractivity contribution in [2.24, 2.45) is 0 Å². The maximum absolute atomic E-state index is 12.7. The van der Waals surface area contributed by atoms with Crippen LogP contribution in [0.5, 0.6) is 0 Å². The van der Waals surface area contributed by atoms with Gasteiger partial charge >= 0.3 is 6.18 Å². The number of alkyl halides is 3. The number of hydrogen-bond donors (Lipinski definition) is 1. The number of aromatic nitrogens is 2. The van der Waals surface area contributed by atoms with E-state index in [1.54, 1.807) is 19.3 Å². The van der Waals surface area contributed by atoms with Crippen molar-refractivity contribution < 1.29 is 13.2 Å². The number of rotatable bonds is 3. The quantitative estimate of drug-likeness (QED) is 0.928. The summed E-state index contributed by atoms with van der Waals surface area (Å²) in [5.74, 6) is 0. The van der Waals surface area contributed by atoms with Crippen molar-refractivity contribution in [2.45, 2.75) is 19.6 Å². The van der Waals surface area contributed by atoms with Gasteiger partial charge in [0.1, 0.15) is 0 Å². The normalized spacial score (nSPS) is 11.8. The highest BCUT2D eigenvalue weighted by Crippen LogP contribution is 2.30. The van der Waals surface area contributed by atoms with Gasteiger partial charge in [-0.15, -0.1) is 0 Å². The van der Waals surface area contributed by atoms with E-state index in [-0.39, 0.29) is 0 Å². The second-order valence-corrected chi connectivity index (χ2v) is 4.25. The highest BCUT2D eigenvalue weighted by molar-refractivity contribution is 5.39. The number of benzene rings is 1. The summed E-state index contributed by atoms with van der Waals surface area (Å²) in [7, 11) is 1.81. The van der Waals surface area contributed by atoms with Gasteiger partial charge in [-0.2, -0.15) is 18.3 Å². The summed E-state index contributed by atoms with van der Waals surface area (Å²) in [6.45, 7) is 2.46. The summed E-state index contributed by atoms with van der Waals surface area (Å²) >= 11 is 0. The molecule has 6 heteroatoms. The Labute approximate surface area is 109 Å². The second-order valence-electron chi connectivity index (χ2n) is 4.25. The molecule has 0 amide bonds. The molecule has 0 atom stereocenters. The average Bonchev–Trinajstić information content (AvgIpc) is 2.71. The lowest BCUT2D eigenvalue weighted by Crippen LogP contribution is -2.08. The van der Waals surface area contributed by atoms with Crippen LogP contribution in [-0.4, -0.2) is 16.8 Å². The van der Waals surface area contributed by atoms with Crippen molar-refractivity contribution in [1.82, 2.24) is 15.1 Å². The van der Waals surface area contributed by atoms with E-state index >= 15 is 0 Å². The minimum atomic E-state index is -4.34. The monoisotopic (exact) mass is 269 g/mol. The van der Waals surface area contributed by atoms with Crippen molar-refractivity contribution in [2.75, 3.05) is 7.05 Å². The Morgan fingerprint density at radius 2 is 2.05 bits per heavy atom. The van der Waals surface area contributed by atoms with E-state index in [2.05, 4.69) is 10.4 Å². The van der Waals surface area contributed by atoms with Crippen molar-refractivity contribution in [3.63, 3.8) is 0 Å². The van der Waals surface area contributed by atoms with E-state index in [4.69, 9.17) is 0 Å². The zero-order valence-corrected chi connectivity index (χ0v) is 10.6. The topological polar surface area (TPSA) is 29.9 Å². The molecule has 102 valence electrons. The lowest BCUT2D eigenvalue weighted by molar-refractivity contribution is -0.137. The largest absolute Gasteiger partial charge is 0.416 e. The van der Waals surface area contributed by atoms with Crippen LogP contribution in [0.1, 0.15) is 16.8 Å². The first kappa shape index (κ1) is 13.6. The van der Waals surface area contributed by atoms with Gasteiger partial charge in [0.2, 0.25) is 0 Å². The number of nitrogens with zero attached hydrogens (tertiary/aromatic N) is 2. The molecule has 0 aliphatic carbocycles. The average molecular weight is 269 g/mol. The van der Waals surface area contributed by atoms with E-state index < -0.39 is 11.7 Å². The number of nitrogens with one attached hydrogen (secondary N) is 1. The third-order valence-corrected chi connectivity index (χ3v) is 2.90. The maximum atomic E-state index is 12.7. The Kier molecular flexibility index (Phi) is 3.61. The van der Waals surface area contributed by atoms with Gasteiger partial charge in [-0.25, -0.2) is 4.68 Å². The van der Waals surface area contributed by atoms with E-state index in [1.165, 1.54) is 10.7 Å². The van der Waals surface area contributed by atoms with Crippen molar-refractivity contribution in [3.8, 4) is 5.69 Å². The van der Waals surface area contributed by atoms with Gasteiger partial charge in [-0.1, -0.05) is 6.07 Å². The van der Waals surface area contributed by atoms with Crippen molar-refractivity contribution in [1.29, 1.82) is 0 Å². The molecule has 0 fully saturated rings. The Balaban J connectivity index is 2.42. The summed E-state index contributed by atoms with van der Waals surface area (Å²) in [6.07, 6.45) is -2.68. The SMILES string of the molecule is CNCc1cnn(-c2cccc(C(F)(F)F)c2)c1C. The first-order valence-corrected chi connectivity index (χ1v) is 5.79. The molecule has 19 heavy (non-hydrogen) atoms. The van der Waals surface area contributed by atoms with Gasteiger partial charge in [0.15, 0.2) is 0 Å². The summed E-state index contributed by atoms with van der Waals surface area (Å²) in [6, 6.07) is 5.15. The van der Waals surface area contributed by atoms with Crippen LogP contribution in [0, 0.1) is 6.92 Å². The molecule has 1 heterocycles. The predicted molar refractivity (Wildman–Crippen MR) is 66.1 cm³/mol. The van der Waals surface area contributed by atoms with E-state index in [0.717, 1.165) is 23.4 Å². The summed E-state index contributed by atoms with van der Waals surface area (Å²) in [5.41, 5.74) is 1.53. The number of halogens is 3. The lowest BCUT2D eigenvalue weighted by Gasteiger charge is -2.10. The molecular formula is C13H14F3N3. The van der Waals surface area contributed by atoms with Gasteiger partial charge in [-0.05, 0) is 32.2 Å². The Bertz CT molecular complexity index is 573. The maximum Gasteiger partial charge on any atom is 0.416 e. The minimum Gasteiger partial charge on any atom is -0.316 e. The summed E-state index contributed by atoms with van der Waals surface area (Å²) < 4.78 is 39.5. The Hall–Kier alpha value is -1.82. The van der Waals surface area contributed by atoms with Crippen LogP contribution in [0.2, 0.25) is 0 Å².